The highest BCUT2D eigenvalue weighted by molar-refractivity contribution is 5.98. The lowest BCUT2D eigenvalue weighted by atomic mass is 10.1. The van der Waals surface area contributed by atoms with Crippen molar-refractivity contribution in [2.45, 2.75) is 25.4 Å². The molecule has 0 radical (unpaired) electrons. The summed E-state index contributed by atoms with van der Waals surface area (Å²) in [6, 6.07) is 8.08. The molecule has 1 saturated heterocycles. The average molecular weight is 358 g/mol. The molecule has 7 nitrogen and oxygen atoms in total. The summed E-state index contributed by atoms with van der Waals surface area (Å²) in [5, 5.41) is 2.83. The number of carbonyl (C=O) groups is 2. The molecule has 1 aliphatic heterocycles. The summed E-state index contributed by atoms with van der Waals surface area (Å²) in [7, 11) is 3.06. The molecule has 1 atom stereocenters. The van der Waals surface area contributed by atoms with Gasteiger partial charge in [-0.1, -0.05) is 0 Å². The number of furan rings is 1. The predicted molar refractivity (Wildman–Crippen MR) is 94.2 cm³/mol. The Balaban J connectivity index is 1.72. The minimum Gasteiger partial charge on any atom is -0.497 e. The fraction of sp³-hybridized carbons (Fsp3) is 0.368. The number of amides is 2. The molecule has 26 heavy (non-hydrogen) atoms. The van der Waals surface area contributed by atoms with Gasteiger partial charge in [0.1, 0.15) is 23.3 Å². The number of hydrogen-bond acceptors (Lipinski definition) is 5. The number of hydrogen-bond donors (Lipinski definition) is 1. The van der Waals surface area contributed by atoms with Gasteiger partial charge in [0.15, 0.2) is 0 Å². The lowest BCUT2D eigenvalue weighted by Crippen LogP contribution is -2.45. The second-order valence-electron chi connectivity index (χ2n) is 6.06. The van der Waals surface area contributed by atoms with E-state index in [1.54, 1.807) is 41.5 Å². The molecule has 1 aromatic heterocycles. The van der Waals surface area contributed by atoms with Crippen molar-refractivity contribution in [2.24, 2.45) is 0 Å². The highest BCUT2D eigenvalue weighted by Crippen LogP contribution is 2.26. The van der Waals surface area contributed by atoms with Crippen LogP contribution >= 0.6 is 0 Å². The zero-order valence-electron chi connectivity index (χ0n) is 14.9. The van der Waals surface area contributed by atoms with E-state index in [1.807, 2.05) is 0 Å². The van der Waals surface area contributed by atoms with Crippen LogP contribution in [0.2, 0.25) is 0 Å². The third-order valence-corrected chi connectivity index (χ3v) is 4.43. The van der Waals surface area contributed by atoms with Crippen molar-refractivity contribution in [1.82, 2.24) is 10.2 Å². The number of methoxy groups -OCH3 is 2. The van der Waals surface area contributed by atoms with Crippen LogP contribution < -0.4 is 14.8 Å². The maximum absolute atomic E-state index is 12.9. The molecular formula is C19H22N2O5. The van der Waals surface area contributed by atoms with Gasteiger partial charge in [-0.25, -0.2) is 0 Å². The van der Waals surface area contributed by atoms with Gasteiger partial charge in [0.05, 0.1) is 27.0 Å². The monoisotopic (exact) mass is 358 g/mol. The Morgan fingerprint density at radius 3 is 2.58 bits per heavy atom. The number of nitrogens with one attached hydrogen (secondary N) is 1. The van der Waals surface area contributed by atoms with Crippen LogP contribution in [0.25, 0.3) is 0 Å². The van der Waals surface area contributed by atoms with Gasteiger partial charge in [-0.05, 0) is 37.1 Å². The second-order valence-corrected chi connectivity index (χ2v) is 6.06. The molecule has 7 heteroatoms. The van der Waals surface area contributed by atoms with E-state index in [1.165, 1.54) is 14.2 Å². The molecule has 0 saturated carbocycles. The first-order valence-electron chi connectivity index (χ1n) is 8.46. The molecule has 1 aromatic carbocycles. The summed E-state index contributed by atoms with van der Waals surface area (Å²) < 4.78 is 15.7. The largest absolute Gasteiger partial charge is 0.497 e. The normalized spacial score (nSPS) is 16.4. The van der Waals surface area contributed by atoms with E-state index in [-0.39, 0.29) is 11.8 Å². The number of carbonyl (C=O) groups excluding carboxylic acids is 2. The van der Waals surface area contributed by atoms with Crippen molar-refractivity contribution < 1.29 is 23.5 Å². The Kier molecular flexibility index (Phi) is 5.46. The molecule has 0 aliphatic carbocycles. The van der Waals surface area contributed by atoms with E-state index >= 15 is 0 Å². The van der Waals surface area contributed by atoms with Gasteiger partial charge >= 0.3 is 0 Å². The molecule has 1 unspecified atom stereocenters. The molecule has 1 aliphatic rings. The fourth-order valence-corrected chi connectivity index (χ4v) is 3.08. The van der Waals surface area contributed by atoms with Gasteiger partial charge in [-0.3, -0.25) is 9.59 Å². The number of ether oxygens (including phenoxy) is 2. The standard InChI is InChI=1S/C19H22N2O5/c1-24-15-9-13(10-16(11-15)25-2)19(23)21-7-3-6-17(21)18(22)20-12-14-5-4-8-26-14/h4-5,8-11,17H,3,6-7,12H2,1-2H3,(H,20,22). The Labute approximate surface area is 151 Å². The van der Waals surface area contributed by atoms with E-state index in [0.717, 1.165) is 6.42 Å². The summed E-state index contributed by atoms with van der Waals surface area (Å²) in [4.78, 5) is 27.1. The van der Waals surface area contributed by atoms with Gasteiger partial charge in [-0.15, -0.1) is 0 Å². The highest BCUT2D eigenvalue weighted by Gasteiger charge is 2.34. The third-order valence-electron chi connectivity index (χ3n) is 4.43. The van der Waals surface area contributed by atoms with Gasteiger partial charge in [0.25, 0.3) is 5.91 Å². The van der Waals surface area contributed by atoms with E-state index in [0.29, 0.717) is 42.3 Å². The third kappa shape index (κ3) is 3.82. The van der Waals surface area contributed by atoms with Crippen molar-refractivity contribution >= 4 is 11.8 Å². The maximum atomic E-state index is 12.9. The first-order chi connectivity index (χ1) is 12.6. The summed E-state index contributed by atoms with van der Waals surface area (Å²) in [6.45, 7) is 0.842. The number of rotatable bonds is 6. The molecule has 2 aromatic rings. The summed E-state index contributed by atoms with van der Waals surface area (Å²) in [5.74, 6) is 1.35. The van der Waals surface area contributed by atoms with E-state index in [2.05, 4.69) is 5.32 Å². The van der Waals surface area contributed by atoms with E-state index in [9.17, 15) is 9.59 Å². The second kappa shape index (κ2) is 7.95. The van der Waals surface area contributed by atoms with E-state index in [4.69, 9.17) is 13.9 Å². The lowest BCUT2D eigenvalue weighted by molar-refractivity contribution is -0.125. The zero-order chi connectivity index (χ0) is 18.5. The quantitative estimate of drug-likeness (QED) is 0.856. The van der Waals surface area contributed by atoms with Crippen LogP contribution in [0.15, 0.2) is 41.0 Å². The van der Waals surface area contributed by atoms with Crippen LogP contribution in [-0.4, -0.2) is 43.5 Å². The predicted octanol–water partition coefficient (Wildman–Crippen LogP) is 2.22. The lowest BCUT2D eigenvalue weighted by Gasteiger charge is -2.24. The topological polar surface area (TPSA) is 81.0 Å². The van der Waals surface area contributed by atoms with Crippen LogP contribution in [0, 0.1) is 0 Å². The minimum atomic E-state index is -0.491. The Hall–Kier alpha value is -2.96. The molecule has 1 fully saturated rings. The number of nitrogens with zero attached hydrogens (tertiary/aromatic N) is 1. The van der Waals surface area contributed by atoms with Crippen molar-refractivity contribution in [3.8, 4) is 11.5 Å². The van der Waals surface area contributed by atoms with Gasteiger partial charge < -0.3 is 24.1 Å². The van der Waals surface area contributed by atoms with Crippen molar-refractivity contribution in [3.63, 3.8) is 0 Å². The minimum absolute atomic E-state index is 0.179. The maximum Gasteiger partial charge on any atom is 0.254 e. The Morgan fingerprint density at radius 2 is 1.96 bits per heavy atom. The van der Waals surface area contributed by atoms with Gasteiger partial charge in [-0.2, -0.15) is 0 Å². The number of benzene rings is 1. The Bertz CT molecular complexity index is 750. The molecule has 2 heterocycles. The SMILES string of the molecule is COc1cc(OC)cc(C(=O)N2CCCC2C(=O)NCc2ccco2)c1. The average Bonchev–Trinajstić information content (AvgIpc) is 3.36. The fourth-order valence-electron chi connectivity index (χ4n) is 3.08. The van der Waals surface area contributed by atoms with Crippen LogP contribution in [0.5, 0.6) is 11.5 Å². The molecule has 138 valence electrons. The molecule has 0 bridgehead atoms. The molecule has 3 rings (SSSR count). The summed E-state index contributed by atoms with van der Waals surface area (Å²) >= 11 is 0. The first kappa shape index (κ1) is 17.8. The Morgan fingerprint density at radius 1 is 1.23 bits per heavy atom. The van der Waals surface area contributed by atoms with E-state index < -0.39 is 6.04 Å². The summed E-state index contributed by atoms with van der Waals surface area (Å²) in [6.07, 6.45) is 2.98. The van der Waals surface area contributed by atoms with Crippen molar-refractivity contribution in [1.29, 1.82) is 0 Å². The van der Waals surface area contributed by atoms with Crippen LogP contribution in [-0.2, 0) is 11.3 Å². The van der Waals surface area contributed by atoms with Crippen LogP contribution in [0.3, 0.4) is 0 Å². The molecular weight excluding hydrogens is 336 g/mol. The molecule has 1 N–H and O–H groups in total. The van der Waals surface area contributed by atoms with Crippen molar-refractivity contribution in [3.05, 3.63) is 47.9 Å². The van der Waals surface area contributed by atoms with Crippen LogP contribution in [0.1, 0.15) is 29.0 Å². The highest BCUT2D eigenvalue weighted by atomic mass is 16.5. The zero-order valence-corrected chi connectivity index (χ0v) is 14.9. The van der Waals surface area contributed by atoms with Gasteiger partial charge in [0, 0.05) is 18.2 Å². The summed E-state index contributed by atoms with van der Waals surface area (Å²) in [5.41, 5.74) is 0.437. The molecule has 2 amide bonds. The van der Waals surface area contributed by atoms with Crippen LogP contribution in [0.4, 0.5) is 0 Å². The first-order valence-corrected chi connectivity index (χ1v) is 8.46. The smallest absolute Gasteiger partial charge is 0.254 e. The van der Waals surface area contributed by atoms with Crippen molar-refractivity contribution in [2.75, 3.05) is 20.8 Å². The molecule has 0 spiro atoms. The number of likely N-dealkylation sites (tertiary alicyclic amines) is 1. The van der Waals surface area contributed by atoms with Gasteiger partial charge in [0.2, 0.25) is 5.91 Å².